The lowest BCUT2D eigenvalue weighted by molar-refractivity contribution is 0.122. The van der Waals surface area contributed by atoms with E-state index in [0.29, 0.717) is 0 Å². The highest BCUT2D eigenvalue weighted by Gasteiger charge is 2.14. The first-order valence-corrected chi connectivity index (χ1v) is 15.9. The SMILES string of the molecule is CC.CC.c1cc(-c2cc(-c3ccc(N4CCOCC4)cc3)[nH]n2)cc(-c2cc(-c3ccc(N4CCOCC4)cc3)[nH]n2)c1. The van der Waals surface area contributed by atoms with E-state index in [1.165, 1.54) is 11.4 Å². The summed E-state index contributed by atoms with van der Waals surface area (Å²) in [6.07, 6.45) is 0. The van der Waals surface area contributed by atoms with E-state index in [0.717, 1.165) is 97.6 Å². The maximum absolute atomic E-state index is 5.47. The molecule has 0 amide bonds. The molecule has 0 bridgehead atoms. The van der Waals surface area contributed by atoms with Crippen LogP contribution in [0.3, 0.4) is 0 Å². The summed E-state index contributed by atoms with van der Waals surface area (Å²) in [6.45, 7) is 14.9. The molecule has 5 aromatic rings. The standard InChI is InChI=1S/C32H32N6O2.2C2H6/c1-2-25(31-21-29(33-35-31)23-4-8-27(9-5-23)37-12-16-39-17-13-37)20-26(3-1)32-22-30(34-36-32)24-6-10-28(11-7-24)38-14-18-40-19-15-38;2*1-2/h1-11,20-22H,12-19H2,(H,33,35)(H,34,36);2*1-2H3. The molecule has 230 valence electrons. The molecule has 0 atom stereocenters. The number of anilines is 2. The molecule has 0 saturated carbocycles. The number of benzene rings is 3. The van der Waals surface area contributed by atoms with Gasteiger partial charge in [-0.1, -0.05) is 70.2 Å². The van der Waals surface area contributed by atoms with E-state index in [2.05, 4.69) is 115 Å². The number of nitrogens with zero attached hydrogens (tertiary/aromatic N) is 4. The van der Waals surface area contributed by atoms with Gasteiger partial charge >= 0.3 is 0 Å². The van der Waals surface area contributed by atoms with Crippen LogP contribution < -0.4 is 9.80 Å². The predicted molar refractivity (Wildman–Crippen MR) is 181 cm³/mol. The number of hydrogen-bond donors (Lipinski definition) is 2. The Hall–Kier alpha value is -4.40. The zero-order chi connectivity index (χ0) is 30.7. The predicted octanol–water partition coefficient (Wildman–Crippen LogP) is 7.53. The van der Waals surface area contributed by atoms with Crippen LogP contribution in [0.1, 0.15) is 27.7 Å². The fourth-order valence-electron chi connectivity index (χ4n) is 5.42. The van der Waals surface area contributed by atoms with Crippen LogP contribution in [0.15, 0.2) is 84.9 Å². The Morgan fingerprint density at radius 2 is 0.886 bits per heavy atom. The van der Waals surface area contributed by atoms with Gasteiger partial charge in [0.15, 0.2) is 0 Å². The van der Waals surface area contributed by atoms with Crippen molar-refractivity contribution in [1.29, 1.82) is 0 Å². The molecule has 2 fully saturated rings. The number of H-pyrrole nitrogens is 2. The van der Waals surface area contributed by atoms with Gasteiger partial charge in [0.25, 0.3) is 0 Å². The second-order valence-corrected chi connectivity index (χ2v) is 10.2. The third-order valence-corrected chi connectivity index (χ3v) is 7.72. The minimum Gasteiger partial charge on any atom is -0.378 e. The van der Waals surface area contributed by atoms with Crippen molar-refractivity contribution in [3.63, 3.8) is 0 Å². The summed E-state index contributed by atoms with van der Waals surface area (Å²) in [5.74, 6) is 0. The Morgan fingerprint density at radius 1 is 0.500 bits per heavy atom. The van der Waals surface area contributed by atoms with Crippen LogP contribution >= 0.6 is 0 Å². The van der Waals surface area contributed by atoms with Crippen LogP contribution in [0, 0.1) is 0 Å². The third-order valence-electron chi connectivity index (χ3n) is 7.72. The summed E-state index contributed by atoms with van der Waals surface area (Å²) in [5, 5.41) is 15.7. The second kappa shape index (κ2) is 15.4. The molecule has 2 aliphatic heterocycles. The van der Waals surface area contributed by atoms with Crippen molar-refractivity contribution in [2.24, 2.45) is 0 Å². The van der Waals surface area contributed by atoms with Gasteiger partial charge in [-0.05, 0) is 53.6 Å². The summed E-state index contributed by atoms with van der Waals surface area (Å²) in [4.78, 5) is 4.72. The van der Waals surface area contributed by atoms with Gasteiger partial charge < -0.3 is 19.3 Å². The fraction of sp³-hybridized carbons (Fsp3) is 0.333. The van der Waals surface area contributed by atoms with Crippen molar-refractivity contribution in [3.05, 3.63) is 84.9 Å². The van der Waals surface area contributed by atoms with E-state index in [-0.39, 0.29) is 0 Å². The highest BCUT2D eigenvalue weighted by Crippen LogP contribution is 2.30. The lowest BCUT2D eigenvalue weighted by atomic mass is 10.0. The van der Waals surface area contributed by atoms with Gasteiger partial charge in [0, 0.05) is 48.7 Å². The lowest BCUT2D eigenvalue weighted by Crippen LogP contribution is -2.36. The largest absolute Gasteiger partial charge is 0.378 e. The zero-order valence-corrected chi connectivity index (χ0v) is 26.3. The van der Waals surface area contributed by atoms with Gasteiger partial charge in [0.2, 0.25) is 0 Å². The molecule has 2 saturated heterocycles. The molecule has 0 unspecified atom stereocenters. The molecule has 2 aromatic heterocycles. The summed E-state index contributed by atoms with van der Waals surface area (Å²) < 4.78 is 10.9. The average molecular weight is 593 g/mol. The van der Waals surface area contributed by atoms with E-state index < -0.39 is 0 Å². The molecule has 0 radical (unpaired) electrons. The zero-order valence-electron chi connectivity index (χ0n) is 26.3. The lowest BCUT2D eigenvalue weighted by Gasteiger charge is -2.28. The third kappa shape index (κ3) is 7.21. The monoisotopic (exact) mass is 592 g/mol. The smallest absolute Gasteiger partial charge is 0.0927 e. The van der Waals surface area contributed by atoms with E-state index in [9.17, 15) is 0 Å². The van der Waals surface area contributed by atoms with Crippen molar-refractivity contribution in [2.45, 2.75) is 27.7 Å². The summed E-state index contributed by atoms with van der Waals surface area (Å²) in [5.41, 5.74) is 10.6. The van der Waals surface area contributed by atoms with Gasteiger partial charge in [-0.2, -0.15) is 10.2 Å². The van der Waals surface area contributed by atoms with Crippen LogP contribution in [-0.4, -0.2) is 73.0 Å². The Balaban J connectivity index is 0.000000924. The van der Waals surface area contributed by atoms with Gasteiger partial charge in [-0.3, -0.25) is 10.2 Å². The van der Waals surface area contributed by atoms with Crippen LogP contribution in [-0.2, 0) is 9.47 Å². The van der Waals surface area contributed by atoms with Crippen molar-refractivity contribution < 1.29 is 9.47 Å². The number of rotatable bonds is 6. The minimum absolute atomic E-state index is 0.784. The van der Waals surface area contributed by atoms with Gasteiger partial charge in [-0.15, -0.1) is 0 Å². The minimum atomic E-state index is 0.784. The molecule has 4 heterocycles. The maximum atomic E-state index is 5.47. The molecule has 2 N–H and O–H groups in total. The summed E-state index contributed by atoms with van der Waals surface area (Å²) in [6, 6.07) is 29.9. The first kappa shape index (κ1) is 31.0. The Bertz CT molecular complexity index is 1450. The normalized spacial score (nSPS) is 14.7. The highest BCUT2D eigenvalue weighted by atomic mass is 16.5. The molecule has 8 nitrogen and oxygen atoms in total. The summed E-state index contributed by atoms with van der Waals surface area (Å²) >= 11 is 0. The van der Waals surface area contributed by atoms with Crippen molar-refractivity contribution >= 4 is 11.4 Å². The summed E-state index contributed by atoms with van der Waals surface area (Å²) in [7, 11) is 0. The first-order chi connectivity index (χ1) is 21.8. The van der Waals surface area contributed by atoms with Gasteiger partial charge in [-0.25, -0.2) is 0 Å². The maximum Gasteiger partial charge on any atom is 0.0927 e. The number of aromatic nitrogens is 4. The Morgan fingerprint density at radius 3 is 1.27 bits per heavy atom. The molecule has 8 heteroatoms. The van der Waals surface area contributed by atoms with Gasteiger partial charge in [0.1, 0.15) is 0 Å². The van der Waals surface area contributed by atoms with E-state index in [1.54, 1.807) is 0 Å². The Labute approximate surface area is 261 Å². The number of hydrogen-bond acceptors (Lipinski definition) is 6. The molecule has 44 heavy (non-hydrogen) atoms. The molecule has 2 aliphatic rings. The van der Waals surface area contributed by atoms with Crippen LogP contribution in [0.25, 0.3) is 45.0 Å². The second-order valence-electron chi connectivity index (χ2n) is 10.2. The first-order valence-electron chi connectivity index (χ1n) is 15.9. The highest BCUT2D eigenvalue weighted by molar-refractivity contribution is 5.75. The van der Waals surface area contributed by atoms with Crippen molar-refractivity contribution in [1.82, 2.24) is 20.4 Å². The van der Waals surface area contributed by atoms with Crippen LogP contribution in [0.4, 0.5) is 11.4 Å². The van der Waals surface area contributed by atoms with Crippen molar-refractivity contribution in [3.8, 4) is 45.0 Å². The number of morpholine rings is 2. The average Bonchev–Trinajstić information content (AvgIpc) is 3.83. The molecule has 3 aromatic carbocycles. The van der Waals surface area contributed by atoms with Gasteiger partial charge in [0.05, 0.1) is 49.2 Å². The van der Waals surface area contributed by atoms with Crippen LogP contribution in [0.2, 0.25) is 0 Å². The quantitative estimate of drug-likeness (QED) is 0.212. The number of nitrogens with one attached hydrogen (secondary N) is 2. The fourth-order valence-corrected chi connectivity index (χ4v) is 5.42. The van der Waals surface area contributed by atoms with E-state index >= 15 is 0 Å². The van der Waals surface area contributed by atoms with E-state index in [4.69, 9.17) is 9.47 Å². The molecule has 0 aliphatic carbocycles. The van der Waals surface area contributed by atoms with Crippen molar-refractivity contribution in [2.75, 3.05) is 62.4 Å². The molecule has 7 rings (SSSR count). The van der Waals surface area contributed by atoms with E-state index in [1.807, 2.05) is 27.7 Å². The Kier molecular flexibility index (Phi) is 10.8. The van der Waals surface area contributed by atoms with Crippen LogP contribution in [0.5, 0.6) is 0 Å². The number of aromatic amines is 2. The number of ether oxygens (including phenoxy) is 2. The molecule has 0 spiro atoms. The topological polar surface area (TPSA) is 82.3 Å². The molecular formula is C36H44N6O2. The molecular weight excluding hydrogens is 548 g/mol.